The van der Waals surface area contributed by atoms with E-state index in [0.717, 1.165) is 22.5 Å². The molecule has 1 aromatic heterocycles. The summed E-state index contributed by atoms with van der Waals surface area (Å²) in [7, 11) is 0. The van der Waals surface area contributed by atoms with Crippen LogP contribution in [-0.4, -0.2) is 16.1 Å². The lowest BCUT2D eigenvalue weighted by molar-refractivity contribution is 0.159. The number of rotatable bonds is 1. The van der Waals surface area contributed by atoms with Crippen molar-refractivity contribution in [2.75, 3.05) is 0 Å². The minimum absolute atomic E-state index is 0.222. The van der Waals surface area contributed by atoms with Crippen LogP contribution in [0.25, 0.3) is 11.3 Å². The predicted molar refractivity (Wildman–Crippen MR) is 71.0 cm³/mol. The van der Waals surface area contributed by atoms with Crippen LogP contribution in [0.4, 0.5) is 0 Å². The summed E-state index contributed by atoms with van der Waals surface area (Å²) >= 11 is 0. The maximum absolute atomic E-state index is 9.88. The van der Waals surface area contributed by atoms with Gasteiger partial charge in [-0.1, -0.05) is 35.9 Å². The van der Waals surface area contributed by atoms with E-state index >= 15 is 0 Å². The van der Waals surface area contributed by atoms with Gasteiger partial charge in [-0.05, 0) is 13.0 Å². The molecule has 3 heteroatoms. The van der Waals surface area contributed by atoms with Crippen molar-refractivity contribution in [2.45, 2.75) is 25.5 Å². The van der Waals surface area contributed by atoms with Gasteiger partial charge in [0.15, 0.2) is 0 Å². The average Bonchev–Trinajstić information content (AvgIpc) is 2.65. The van der Waals surface area contributed by atoms with E-state index in [9.17, 15) is 5.11 Å². The van der Waals surface area contributed by atoms with E-state index in [1.54, 1.807) is 0 Å². The third-order valence-electron chi connectivity index (χ3n) is 3.51. The first-order valence-corrected chi connectivity index (χ1v) is 6.15. The van der Waals surface area contributed by atoms with Crippen LogP contribution in [0, 0.1) is 6.92 Å². The van der Waals surface area contributed by atoms with Crippen molar-refractivity contribution in [1.82, 2.24) is 4.98 Å². The zero-order valence-corrected chi connectivity index (χ0v) is 10.3. The van der Waals surface area contributed by atoms with Crippen LogP contribution in [0.3, 0.4) is 0 Å². The van der Waals surface area contributed by atoms with Gasteiger partial charge >= 0.3 is 0 Å². The molecular formula is C15H16N2O. The minimum atomic E-state index is -0.570. The molecule has 0 radical (unpaired) electrons. The molecule has 1 aliphatic rings. The van der Waals surface area contributed by atoms with Crippen LogP contribution in [0.15, 0.2) is 36.4 Å². The second-order valence-corrected chi connectivity index (χ2v) is 4.91. The summed E-state index contributed by atoms with van der Waals surface area (Å²) in [5.74, 6) is 0. The highest BCUT2D eigenvalue weighted by molar-refractivity contribution is 5.60. The molecule has 3 N–H and O–H groups in total. The number of aliphatic hydroxyl groups excluding tert-OH is 1. The van der Waals surface area contributed by atoms with E-state index in [1.807, 2.05) is 12.1 Å². The van der Waals surface area contributed by atoms with Crippen molar-refractivity contribution in [2.24, 2.45) is 5.73 Å². The fraction of sp³-hybridized carbons (Fsp3) is 0.267. The van der Waals surface area contributed by atoms with Crippen molar-refractivity contribution in [3.05, 3.63) is 53.2 Å². The second-order valence-electron chi connectivity index (χ2n) is 4.91. The predicted octanol–water partition coefficient (Wildman–Crippen LogP) is 1.97. The van der Waals surface area contributed by atoms with Gasteiger partial charge in [-0.15, -0.1) is 0 Å². The number of aliphatic hydroxyl groups is 1. The van der Waals surface area contributed by atoms with Crippen LogP contribution in [0.5, 0.6) is 0 Å². The molecule has 1 heterocycles. The van der Waals surface area contributed by atoms with Crippen molar-refractivity contribution in [1.29, 1.82) is 0 Å². The molecule has 1 aromatic carbocycles. The van der Waals surface area contributed by atoms with E-state index < -0.39 is 6.10 Å². The molecule has 92 valence electrons. The second kappa shape index (κ2) is 4.19. The summed E-state index contributed by atoms with van der Waals surface area (Å²) in [5.41, 5.74) is 10.9. The van der Waals surface area contributed by atoms with E-state index in [2.05, 4.69) is 36.2 Å². The smallest absolute Gasteiger partial charge is 0.0962 e. The van der Waals surface area contributed by atoms with Crippen LogP contribution >= 0.6 is 0 Å². The molecule has 0 spiro atoms. The lowest BCUT2D eigenvalue weighted by Crippen LogP contribution is -2.24. The number of nitrogens with zero attached hydrogens (tertiary/aromatic N) is 1. The molecule has 2 aromatic rings. The zero-order chi connectivity index (χ0) is 12.7. The van der Waals surface area contributed by atoms with Crippen LogP contribution < -0.4 is 5.73 Å². The number of fused-ring (bicyclic) bond motifs is 1. The summed E-state index contributed by atoms with van der Waals surface area (Å²) in [6.07, 6.45) is 0.0792. The van der Waals surface area contributed by atoms with Gasteiger partial charge in [0, 0.05) is 29.3 Å². The van der Waals surface area contributed by atoms with Gasteiger partial charge in [0.2, 0.25) is 0 Å². The molecule has 3 nitrogen and oxygen atoms in total. The van der Waals surface area contributed by atoms with Crippen molar-refractivity contribution < 1.29 is 5.11 Å². The lowest BCUT2D eigenvalue weighted by Gasteiger charge is -2.08. The van der Waals surface area contributed by atoms with Gasteiger partial charge in [-0.2, -0.15) is 0 Å². The molecule has 0 fully saturated rings. The Balaban J connectivity index is 2.01. The standard InChI is InChI=1S/C15H16N2O/c1-9-2-4-10(5-3-9)13-7-6-11-14(17-13)8-12(16)15(11)18/h2-7,12,15,18H,8,16H2,1H3. The first-order valence-electron chi connectivity index (χ1n) is 6.15. The minimum Gasteiger partial charge on any atom is -0.387 e. The van der Waals surface area contributed by atoms with Gasteiger partial charge in [-0.3, -0.25) is 4.98 Å². The monoisotopic (exact) mass is 240 g/mol. The fourth-order valence-electron chi connectivity index (χ4n) is 2.40. The number of aryl methyl sites for hydroxylation is 1. The van der Waals surface area contributed by atoms with Gasteiger partial charge < -0.3 is 10.8 Å². The highest BCUT2D eigenvalue weighted by Gasteiger charge is 2.29. The van der Waals surface area contributed by atoms with Crippen molar-refractivity contribution in [3.8, 4) is 11.3 Å². The Morgan fingerprint density at radius 3 is 2.61 bits per heavy atom. The van der Waals surface area contributed by atoms with E-state index in [0.29, 0.717) is 6.42 Å². The molecule has 2 atom stereocenters. The van der Waals surface area contributed by atoms with Gasteiger partial charge in [0.1, 0.15) is 0 Å². The van der Waals surface area contributed by atoms with Crippen molar-refractivity contribution >= 4 is 0 Å². The largest absolute Gasteiger partial charge is 0.387 e. The Morgan fingerprint density at radius 1 is 1.17 bits per heavy atom. The molecule has 0 amide bonds. The topological polar surface area (TPSA) is 59.1 Å². The zero-order valence-electron chi connectivity index (χ0n) is 10.3. The van der Waals surface area contributed by atoms with Gasteiger partial charge in [-0.25, -0.2) is 0 Å². The summed E-state index contributed by atoms with van der Waals surface area (Å²) in [4.78, 5) is 4.61. The Morgan fingerprint density at radius 2 is 1.89 bits per heavy atom. The highest BCUT2D eigenvalue weighted by atomic mass is 16.3. The molecule has 1 aliphatic carbocycles. The maximum atomic E-state index is 9.88. The fourth-order valence-corrected chi connectivity index (χ4v) is 2.40. The molecule has 0 saturated carbocycles. The molecule has 0 aliphatic heterocycles. The molecule has 18 heavy (non-hydrogen) atoms. The summed E-state index contributed by atoms with van der Waals surface area (Å²) in [6.45, 7) is 2.06. The number of aromatic nitrogens is 1. The average molecular weight is 240 g/mol. The van der Waals surface area contributed by atoms with E-state index in [-0.39, 0.29) is 6.04 Å². The van der Waals surface area contributed by atoms with Gasteiger partial charge in [0.05, 0.1) is 11.8 Å². The number of pyridine rings is 1. The molecular weight excluding hydrogens is 224 g/mol. The van der Waals surface area contributed by atoms with E-state index in [1.165, 1.54) is 5.56 Å². The van der Waals surface area contributed by atoms with Crippen LogP contribution in [0.1, 0.15) is 22.9 Å². The lowest BCUT2D eigenvalue weighted by atomic mass is 10.1. The van der Waals surface area contributed by atoms with Crippen LogP contribution in [-0.2, 0) is 6.42 Å². The summed E-state index contributed by atoms with van der Waals surface area (Å²) < 4.78 is 0. The number of benzene rings is 1. The molecule has 0 bridgehead atoms. The number of hydrogen-bond donors (Lipinski definition) is 2. The summed E-state index contributed by atoms with van der Waals surface area (Å²) in [5, 5.41) is 9.88. The quantitative estimate of drug-likeness (QED) is 0.801. The highest BCUT2D eigenvalue weighted by Crippen LogP contribution is 2.31. The van der Waals surface area contributed by atoms with Crippen LogP contribution in [0.2, 0.25) is 0 Å². The van der Waals surface area contributed by atoms with Crippen molar-refractivity contribution in [3.63, 3.8) is 0 Å². The third kappa shape index (κ3) is 1.82. The first-order chi connectivity index (χ1) is 8.65. The van der Waals surface area contributed by atoms with E-state index in [4.69, 9.17) is 5.73 Å². The normalized spacial score (nSPS) is 21.9. The Kier molecular flexibility index (Phi) is 2.65. The molecule has 2 unspecified atom stereocenters. The maximum Gasteiger partial charge on any atom is 0.0962 e. The first kappa shape index (κ1) is 11.4. The summed E-state index contributed by atoms with van der Waals surface area (Å²) in [6, 6.07) is 11.9. The number of hydrogen-bond acceptors (Lipinski definition) is 3. The Bertz CT molecular complexity index is 578. The molecule has 3 rings (SSSR count). The van der Waals surface area contributed by atoms with Gasteiger partial charge in [0.25, 0.3) is 0 Å². The Labute approximate surface area is 106 Å². The molecule has 0 saturated heterocycles. The third-order valence-corrected chi connectivity index (χ3v) is 3.51. The Hall–Kier alpha value is -1.71. The number of nitrogens with two attached hydrogens (primary N) is 1. The SMILES string of the molecule is Cc1ccc(-c2ccc3c(n2)CC(N)C3O)cc1.